The second-order valence-corrected chi connectivity index (χ2v) is 5.59. The molecule has 0 aliphatic heterocycles. The van der Waals surface area contributed by atoms with Crippen molar-refractivity contribution >= 4 is 5.97 Å². The van der Waals surface area contributed by atoms with Crippen LogP contribution >= 0.6 is 0 Å². The van der Waals surface area contributed by atoms with E-state index in [0.29, 0.717) is 18.1 Å². The molecule has 2 atom stereocenters. The van der Waals surface area contributed by atoms with Crippen molar-refractivity contribution < 1.29 is 9.53 Å². The smallest absolute Gasteiger partial charge is 0.308 e. The monoisotopic (exact) mass is 271 g/mol. The summed E-state index contributed by atoms with van der Waals surface area (Å²) >= 11 is 0. The van der Waals surface area contributed by atoms with Gasteiger partial charge >= 0.3 is 5.97 Å². The highest BCUT2D eigenvalue weighted by molar-refractivity contribution is 5.72. The predicted molar refractivity (Wildman–Crippen MR) is 77.1 cm³/mol. The number of hydrogen-bond acceptors (Lipinski definition) is 3. The van der Waals surface area contributed by atoms with E-state index in [1.807, 2.05) is 32.0 Å². The molecule has 1 aromatic rings. The molecule has 0 heterocycles. The van der Waals surface area contributed by atoms with E-state index in [4.69, 9.17) is 10.00 Å². The molecule has 1 aliphatic rings. The zero-order valence-corrected chi connectivity index (χ0v) is 12.2. The van der Waals surface area contributed by atoms with E-state index in [-0.39, 0.29) is 11.9 Å². The van der Waals surface area contributed by atoms with Gasteiger partial charge in [0, 0.05) is 0 Å². The highest BCUT2D eigenvalue weighted by Gasteiger charge is 2.30. The van der Waals surface area contributed by atoms with Crippen LogP contribution in [0.4, 0.5) is 0 Å². The summed E-state index contributed by atoms with van der Waals surface area (Å²) in [5, 5.41) is 8.88. The number of hydrogen-bond donors (Lipinski definition) is 0. The highest BCUT2D eigenvalue weighted by atomic mass is 16.5. The number of ether oxygens (including phenoxy) is 1. The van der Waals surface area contributed by atoms with Crippen LogP contribution in [0.2, 0.25) is 0 Å². The third-order valence-electron chi connectivity index (χ3n) is 4.14. The lowest BCUT2D eigenvalue weighted by molar-refractivity contribution is -0.147. The molecule has 3 heteroatoms. The van der Waals surface area contributed by atoms with Crippen LogP contribution in [0.15, 0.2) is 18.2 Å². The lowest BCUT2D eigenvalue weighted by Gasteiger charge is -2.13. The van der Waals surface area contributed by atoms with Crippen LogP contribution in [-0.4, -0.2) is 12.6 Å². The van der Waals surface area contributed by atoms with E-state index in [1.54, 1.807) is 0 Å². The molecule has 2 rings (SSSR count). The van der Waals surface area contributed by atoms with E-state index < -0.39 is 0 Å². The second kappa shape index (κ2) is 6.56. The molecule has 0 amide bonds. The molecule has 20 heavy (non-hydrogen) atoms. The number of benzene rings is 1. The maximum absolute atomic E-state index is 11.7. The first kappa shape index (κ1) is 14.6. The van der Waals surface area contributed by atoms with E-state index in [9.17, 15) is 4.79 Å². The predicted octanol–water partition coefficient (Wildman–Crippen LogP) is 3.39. The molecular weight excluding hydrogens is 250 g/mol. The quantitative estimate of drug-likeness (QED) is 0.789. The molecule has 0 spiro atoms. The van der Waals surface area contributed by atoms with Crippen LogP contribution in [0, 0.1) is 30.1 Å². The summed E-state index contributed by atoms with van der Waals surface area (Å²) in [6, 6.07) is 8.02. The van der Waals surface area contributed by atoms with E-state index >= 15 is 0 Å². The third kappa shape index (κ3) is 3.39. The zero-order valence-electron chi connectivity index (χ0n) is 12.2. The van der Waals surface area contributed by atoms with Gasteiger partial charge in [-0.3, -0.25) is 4.79 Å². The Labute approximate surface area is 120 Å². The van der Waals surface area contributed by atoms with Crippen molar-refractivity contribution in [3.63, 3.8) is 0 Å². The first-order chi connectivity index (χ1) is 9.63. The topological polar surface area (TPSA) is 50.1 Å². The number of rotatable bonds is 4. The summed E-state index contributed by atoms with van der Waals surface area (Å²) in [6.45, 7) is 4.37. The summed E-state index contributed by atoms with van der Waals surface area (Å²) in [5.74, 6) is 0.598. The van der Waals surface area contributed by atoms with Crippen molar-refractivity contribution in [2.24, 2.45) is 11.8 Å². The Morgan fingerprint density at radius 3 is 2.90 bits per heavy atom. The van der Waals surface area contributed by atoms with Crippen LogP contribution in [0.1, 0.15) is 42.9 Å². The van der Waals surface area contributed by atoms with Crippen molar-refractivity contribution in [1.82, 2.24) is 0 Å². The molecule has 0 bridgehead atoms. The lowest BCUT2D eigenvalue weighted by Crippen LogP contribution is -2.15. The number of carbonyl (C=O) groups excluding carboxylic acids is 1. The normalized spacial score (nSPS) is 21.4. The summed E-state index contributed by atoms with van der Waals surface area (Å²) in [5.41, 5.74) is 3.17. The van der Waals surface area contributed by atoms with Crippen molar-refractivity contribution in [3.05, 3.63) is 34.9 Å². The fraction of sp³-hybridized carbons (Fsp3) is 0.529. The van der Waals surface area contributed by atoms with Gasteiger partial charge in [0.1, 0.15) is 0 Å². The first-order valence-corrected chi connectivity index (χ1v) is 7.30. The molecule has 1 aliphatic carbocycles. The number of esters is 1. The van der Waals surface area contributed by atoms with Gasteiger partial charge in [0.05, 0.1) is 24.2 Å². The van der Waals surface area contributed by atoms with Crippen LogP contribution < -0.4 is 0 Å². The summed E-state index contributed by atoms with van der Waals surface area (Å²) in [7, 11) is 0. The van der Waals surface area contributed by atoms with E-state index in [0.717, 1.165) is 25.7 Å². The minimum atomic E-state index is -0.0356. The number of nitrogens with zero attached hydrogens (tertiary/aromatic N) is 1. The molecule has 106 valence electrons. The summed E-state index contributed by atoms with van der Waals surface area (Å²) < 4.78 is 5.10. The Balaban J connectivity index is 1.95. The van der Waals surface area contributed by atoms with Crippen molar-refractivity contribution in [2.75, 3.05) is 6.61 Å². The summed E-state index contributed by atoms with van der Waals surface area (Å²) in [4.78, 5) is 11.7. The van der Waals surface area contributed by atoms with Gasteiger partial charge in [-0.1, -0.05) is 6.07 Å². The van der Waals surface area contributed by atoms with Crippen molar-refractivity contribution in [1.29, 1.82) is 5.26 Å². The van der Waals surface area contributed by atoms with Gasteiger partial charge in [0.25, 0.3) is 0 Å². The largest absolute Gasteiger partial charge is 0.466 e. The molecule has 0 N–H and O–H groups in total. The van der Waals surface area contributed by atoms with Crippen molar-refractivity contribution in [3.8, 4) is 6.07 Å². The standard InChI is InChI=1S/C17H21NO2/c1-3-20-17(19)16-7-4-13(10-16)9-15-6-5-14(11-18)8-12(15)2/h5-6,8,13,16H,3-4,7,9-10H2,1-2H3/t13-,16-/m1/s1. The van der Waals surface area contributed by atoms with E-state index in [2.05, 4.69) is 6.07 Å². The van der Waals surface area contributed by atoms with Crippen LogP contribution in [0.3, 0.4) is 0 Å². The van der Waals surface area contributed by atoms with Crippen LogP contribution in [0.5, 0.6) is 0 Å². The molecular formula is C17H21NO2. The molecule has 1 fully saturated rings. The fourth-order valence-corrected chi connectivity index (χ4v) is 3.04. The lowest BCUT2D eigenvalue weighted by atomic mass is 9.93. The first-order valence-electron chi connectivity index (χ1n) is 7.30. The SMILES string of the molecule is CCOC(=O)[C@@H]1CC[C@H](Cc2ccc(C#N)cc2C)C1. The maximum atomic E-state index is 11.7. The highest BCUT2D eigenvalue weighted by Crippen LogP contribution is 2.34. The Morgan fingerprint density at radius 1 is 1.45 bits per heavy atom. The Morgan fingerprint density at radius 2 is 2.25 bits per heavy atom. The van der Waals surface area contributed by atoms with Gasteiger partial charge in [-0.25, -0.2) is 0 Å². The van der Waals surface area contributed by atoms with Gasteiger partial charge in [-0.2, -0.15) is 5.26 Å². The second-order valence-electron chi connectivity index (χ2n) is 5.59. The van der Waals surface area contributed by atoms with Gasteiger partial charge in [0.2, 0.25) is 0 Å². The molecule has 3 nitrogen and oxygen atoms in total. The maximum Gasteiger partial charge on any atom is 0.308 e. The Kier molecular flexibility index (Phi) is 4.79. The molecule has 1 saturated carbocycles. The molecule has 0 aromatic heterocycles. The number of nitriles is 1. The van der Waals surface area contributed by atoms with Crippen molar-refractivity contribution in [2.45, 2.75) is 39.5 Å². The minimum absolute atomic E-state index is 0.0356. The molecule has 0 radical (unpaired) electrons. The average Bonchev–Trinajstić information content (AvgIpc) is 2.90. The van der Waals surface area contributed by atoms with Gasteiger partial charge in [-0.05, 0) is 68.7 Å². The molecule has 0 unspecified atom stereocenters. The molecule has 0 saturated heterocycles. The van der Waals surface area contributed by atoms with Crippen LogP contribution in [-0.2, 0) is 16.0 Å². The Hall–Kier alpha value is -1.82. The zero-order chi connectivity index (χ0) is 14.5. The van der Waals surface area contributed by atoms with Gasteiger partial charge in [0.15, 0.2) is 0 Å². The van der Waals surface area contributed by atoms with Gasteiger partial charge in [-0.15, -0.1) is 0 Å². The fourth-order valence-electron chi connectivity index (χ4n) is 3.04. The minimum Gasteiger partial charge on any atom is -0.466 e. The van der Waals surface area contributed by atoms with Crippen LogP contribution in [0.25, 0.3) is 0 Å². The average molecular weight is 271 g/mol. The van der Waals surface area contributed by atoms with Gasteiger partial charge < -0.3 is 4.74 Å². The molecule has 1 aromatic carbocycles. The van der Waals surface area contributed by atoms with E-state index in [1.165, 1.54) is 11.1 Å². The number of aryl methyl sites for hydroxylation is 1. The number of carbonyl (C=O) groups is 1. The summed E-state index contributed by atoms with van der Waals surface area (Å²) in [6.07, 6.45) is 3.95. The third-order valence-corrected chi connectivity index (χ3v) is 4.14. The Bertz CT molecular complexity index is 530.